The number of nitrogens with zero attached hydrogens (tertiary/aromatic N) is 2. The van der Waals surface area contributed by atoms with E-state index in [1.165, 1.54) is 13.8 Å². The van der Waals surface area contributed by atoms with Gasteiger partial charge in [0.2, 0.25) is 0 Å². The molecule has 0 aliphatic rings. The second-order valence-electron chi connectivity index (χ2n) is 5.11. The Kier molecular flexibility index (Phi) is 4.83. The van der Waals surface area contributed by atoms with Gasteiger partial charge in [-0.2, -0.15) is 18.4 Å². The monoisotopic (exact) mass is 351 g/mol. The Labute approximate surface area is 140 Å². The fourth-order valence-electron chi connectivity index (χ4n) is 2.13. The standard InChI is InChI=1S/C16H12F3N3O3/c1-8-5-10(3-4-13(8)16(17,18)19)22-15(24)11(6-20)14(23)12-7-21-25-9(12)2/h3-5,7,23H,1-2H3,(H,22,24)/b14-11-. The van der Waals surface area contributed by atoms with E-state index in [1.54, 1.807) is 6.07 Å². The first-order chi connectivity index (χ1) is 11.6. The average molecular weight is 351 g/mol. The Hall–Kier alpha value is -3.28. The minimum absolute atomic E-state index is 0.0538. The summed E-state index contributed by atoms with van der Waals surface area (Å²) in [5.41, 5.74) is -1.42. The predicted octanol–water partition coefficient (Wildman–Crippen LogP) is 3.74. The zero-order valence-corrected chi connectivity index (χ0v) is 13.1. The van der Waals surface area contributed by atoms with Gasteiger partial charge >= 0.3 is 6.18 Å². The number of amides is 1. The van der Waals surface area contributed by atoms with Crippen LogP contribution in [0.15, 0.2) is 34.5 Å². The maximum Gasteiger partial charge on any atom is 0.416 e. The van der Waals surface area contributed by atoms with Gasteiger partial charge in [-0.25, -0.2) is 0 Å². The second-order valence-corrected chi connectivity index (χ2v) is 5.11. The summed E-state index contributed by atoms with van der Waals surface area (Å²) in [5.74, 6) is -1.41. The number of nitriles is 1. The van der Waals surface area contributed by atoms with Gasteiger partial charge in [0.1, 0.15) is 11.8 Å². The van der Waals surface area contributed by atoms with Gasteiger partial charge in [-0.15, -0.1) is 0 Å². The summed E-state index contributed by atoms with van der Waals surface area (Å²) in [7, 11) is 0. The van der Waals surface area contributed by atoms with Gasteiger partial charge < -0.3 is 14.9 Å². The second kappa shape index (κ2) is 6.68. The Morgan fingerprint density at radius 1 is 1.36 bits per heavy atom. The van der Waals surface area contributed by atoms with Crippen molar-refractivity contribution in [2.45, 2.75) is 20.0 Å². The molecule has 2 rings (SSSR count). The third-order valence-electron chi connectivity index (χ3n) is 3.37. The fourth-order valence-corrected chi connectivity index (χ4v) is 2.13. The summed E-state index contributed by atoms with van der Waals surface area (Å²) in [6.45, 7) is 2.72. The lowest BCUT2D eigenvalue weighted by Gasteiger charge is -2.12. The summed E-state index contributed by atoms with van der Waals surface area (Å²) < 4.78 is 43.0. The van der Waals surface area contributed by atoms with Gasteiger partial charge in [-0.3, -0.25) is 4.79 Å². The number of nitrogens with one attached hydrogen (secondary N) is 1. The molecule has 0 spiro atoms. The molecule has 0 atom stereocenters. The van der Waals surface area contributed by atoms with Crippen molar-refractivity contribution < 1.29 is 27.6 Å². The van der Waals surface area contributed by atoms with Crippen LogP contribution in [-0.2, 0) is 11.0 Å². The first kappa shape index (κ1) is 18.1. The Morgan fingerprint density at radius 3 is 2.52 bits per heavy atom. The number of rotatable bonds is 3. The van der Waals surface area contributed by atoms with Crippen molar-refractivity contribution in [1.82, 2.24) is 5.16 Å². The molecule has 0 radical (unpaired) electrons. The number of aliphatic hydroxyl groups is 1. The molecule has 1 aromatic heterocycles. The fraction of sp³-hybridized carbons (Fsp3) is 0.188. The quantitative estimate of drug-likeness (QED) is 0.498. The number of hydrogen-bond acceptors (Lipinski definition) is 5. The van der Waals surface area contributed by atoms with Crippen LogP contribution in [0.3, 0.4) is 0 Å². The summed E-state index contributed by atoms with van der Waals surface area (Å²) in [5, 5.41) is 24.9. The van der Waals surface area contributed by atoms with Crippen LogP contribution < -0.4 is 5.32 Å². The lowest BCUT2D eigenvalue weighted by molar-refractivity contribution is -0.138. The molecule has 6 nitrogen and oxygen atoms in total. The Morgan fingerprint density at radius 2 is 2.04 bits per heavy atom. The van der Waals surface area contributed by atoms with Gasteiger partial charge in [-0.1, -0.05) is 5.16 Å². The molecule has 0 fully saturated rings. The third kappa shape index (κ3) is 3.80. The molecule has 1 heterocycles. The molecule has 2 aromatic rings. The maximum absolute atomic E-state index is 12.7. The number of anilines is 1. The first-order valence-corrected chi connectivity index (χ1v) is 6.89. The van der Waals surface area contributed by atoms with Crippen LogP contribution in [0.5, 0.6) is 0 Å². The van der Waals surface area contributed by atoms with E-state index in [4.69, 9.17) is 9.78 Å². The number of hydrogen-bond donors (Lipinski definition) is 2. The normalized spacial score (nSPS) is 12.3. The van der Waals surface area contributed by atoms with E-state index < -0.39 is 29.0 Å². The minimum Gasteiger partial charge on any atom is -0.506 e. The predicted molar refractivity (Wildman–Crippen MR) is 81.2 cm³/mol. The molecule has 9 heteroatoms. The van der Waals surface area contributed by atoms with Crippen molar-refractivity contribution in [3.05, 3.63) is 52.4 Å². The van der Waals surface area contributed by atoms with Crippen molar-refractivity contribution in [1.29, 1.82) is 5.26 Å². The summed E-state index contributed by atoms with van der Waals surface area (Å²) in [6, 6.07) is 4.56. The molecule has 0 aliphatic carbocycles. The number of benzene rings is 1. The smallest absolute Gasteiger partial charge is 0.416 e. The van der Waals surface area contributed by atoms with Crippen molar-refractivity contribution in [3.63, 3.8) is 0 Å². The number of carbonyl (C=O) groups excluding carboxylic acids is 1. The molecule has 1 amide bonds. The van der Waals surface area contributed by atoms with Gasteiger partial charge in [0, 0.05) is 5.69 Å². The number of aliphatic hydroxyl groups excluding tert-OH is 1. The summed E-state index contributed by atoms with van der Waals surface area (Å²) in [4.78, 5) is 12.2. The number of aryl methyl sites for hydroxylation is 2. The maximum atomic E-state index is 12.7. The lowest BCUT2D eigenvalue weighted by atomic mass is 10.1. The van der Waals surface area contributed by atoms with Crippen LogP contribution in [-0.4, -0.2) is 16.2 Å². The number of aromatic nitrogens is 1. The van der Waals surface area contributed by atoms with E-state index in [9.17, 15) is 23.1 Å². The van der Waals surface area contributed by atoms with E-state index in [2.05, 4.69) is 10.5 Å². The third-order valence-corrected chi connectivity index (χ3v) is 3.37. The minimum atomic E-state index is -4.51. The zero-order valence-electron chi connectivity index (χ0n) is 13.1. The molecule has 0 saturated heterocycles. The first-order valence-electron chi connectivity index (χ1n) is 6.89. The molecular weight excluding hydrogens is 339 g/mol. The van der Waals surface area contributed by atoms with E-state index in [0.29, 0.717) is 0 Å². The number of halogens is 3. The molecule has 1 aromatic carbocycles. The molecule has 25 heavy (non-hydrogen) atoms. The van der Waals surface area contributed by atoms with Crippen LogP contribution in [0.2, 0.25) is 0 Å². The highest BCUT2D eigenvalue weighted by atomic mass is 19.4. The molecule has 0 bridgehead atoms. The molecular formula is C16H12F3N3O3. The van der Waals surface area contributed by atoms with E-state index >= 15 is 0 Å². The molecule has 2 N–H and O–H groups in total. The molecule has 0 unspecified atom stereocenters. The van der Waals surface area contributed by atoms with Crippen LogP contribution >= 0.6 is 0 Å². The van der Waals surface area contributed by atoms with Crippen molar-refractivity contribution in [2.75, 3.05) is 5.32 Å². The summed E-state index contributed by atoms with van der Waals surface area (Å²) in [6.07, 6.45) is -3.37. The van der Waals surface area contributed by atoms with Gasteiger partial charge in [0.15, 0.2) is 11.3 Å². The van der Waals surface area contributed by atoms with Crippen LogP contribution in [0.4, 0.5) is 18.9 Å². The zero-order chi connectivity index (χ0) is 18.8. The van der Waals surface area contributed by atoms with Crippen molar-refractivity contribution >= 4 is 17.4 Å². The van der Waals surface area contributed by atoms with E-state index in [0.717, 1.165) is 24.4 Å². The molecule has 0 saturated carbocycles. The average Bonchev–Trinajstić information content (AvgIpc) is 2.92. The Balaban J connectivity index is 2.31. The van der Waals surface area contributed by atoms with Gasteiger partial charge in [0.25, 0.3) is 5.91 Å². The SMILES string of the molecule is Cc1cc(NC(=O)/C(C#N)=C(\O)c2cnoc2C)ccc1C(F)(F)F. The van der Waals surface area contributed by atoms with Gasteiger partial charge in [0.05, 0.1) is 17.3 Å². The summed E-state index contributed by atoms with van der Waals surface area (Å²) >= 11 is 0. The molecule has 0 aliphatic heterocycles. The largest absolute Gasteiger partial charge is 0.506 e. The highest BCUT2D eigenvalue weighted by Crippen LogP contribution is 2.33. The molecule has 130 valence electrons. The van der Waals surface area contributed by atoms with E-state index in [1.807, 2.05) is 0 Å². The van der Waals surface area contributed by atoms with Crippen molar-refractivity contribution in [3.8, 4) is 6.07 Å². The van der Waals surface area contributed by atoms with Crippen molar-refractivity contribution in [2.24, 2.45) is 0 Å². The Bertz CT molecular complexity index is 892. The highest BCUT2D eigenvalue weighted by molar-refractivity contribution is 6.11. The topological polar surface area (TPSA) is 99.2 Å². The number of carbonyl (C=O) groups is 1. The van der Waals surface area contributed by atoms with Crippen LogP contribution in [0.1, 0.15) is 22.5 Å². The van der Waals surface area contributed by atoms with E-state index in [-0.39, 0.29) is 22.6 Å². The van der Waals surface area contributed by atoms with Crippen LogP contribution in [0.25, 0.3) is 5.76 Å². The van der Waals surface area contributed by atoms with Crippen LogP contribution in [0, 0.1) is 25.2 Å². The van der Waals surface area contributed by atoms with Gasteiger partial charge in [-0.05, 0) is 37.6 Å². The highest BCUT2D eigenvalue weighted by Gasteiger charge is 2.32. The lowest BCUT2D eigenvalue weighted by Crippen LogP contribution is -2.16. The number of alkyl halides is 3.